The average Bonchev–Trinajstić information content (AvgIpc) is 3.49. The van der Waals surface area contributed by atoms with Gasteiger partial charge in [-0.2, -0.15) is 18.3 Å². The van der Waals surface area contributed by atoms with E-state index in [1.54, 1.807) is 12.3 Å². The van der Waals surface area contributed by atoms with Crippen LogP contribution >= 0.6 is 0 Å². The number of carbonyl (C=O) groups is 1. The second kappa shape index (κ2) is 8.15. The normalized spacial score (nSPS) is 16.8. The van der Waals surface area contributed by atoms with E-state index >= 15 is 0 Å². The first kappa shape index (κ1) is 20.8. The molecule has 0 bridgehead atoms. The van der Waals surface area contributed by atoms with Crippen LogP contribution in [0, 0.1) is 0 Å². The molecule has 4 aromatic rings. The topological polar surface area (TPSA) is 117 Å². The Morgan fingerprint density at radius 2 is 2.06 bits per heavy atom. The van der Waals surface area contributed by atoms with E-state index in [0.717, 1.165) is 31.8 Å². The molecule has 0 radical (unpaired) electrons. The molecule has 0 saturated carbocycles. The van der Waals surface area contributed by atoms with Crippen LogP contribution < -0.4 is 10.2 Å². The van der Waals surface area contributed by atoms with Gasteiger partial charge in [0.05, 0.1) is 24.2 Å². The Morgan fingerprint density at radius 1 is 1.18 bits per heavy atom. The van der Waals surface area contributed by atoms with Gasteiger partial charge < -0.3 is 10.2 Å². The smallest absolute Gasteiger partial charge is 0.354 e. The summed E-state index contributed by atoms with van der Waals surface area (Å²) in [5.74, 6) is 0.643. The van der Waals surface area contributed by atoms with Crippen LogP contribution in [0.3, 0.4) is 0 Å². The van der Waals surface area contributed by atoms with Gasteiger partial charge in [0.1, 0.15) is 11.5 Å². The molecular formula is C20H18F3N9O. The van der Waals surface area contributed by atoms with Crippen molar-refractivity contribution >= 4 is 17.4 Å². The first-order chi connectivity index (χ1) is 15.9. The first-order valence-electron chi connectivity index (χ1n) is 10.2. The highest BCUT2D eigenvalue weighted by molar-refractivity contribution is 5.93. The summed E-state index contributed by atoms with van der Waals surface area (Å²) in [6.07, 6.45) is 4.98. The highest BCUT2D eigenvalue weighted by atomic mass is 19.4. The van der Waals surface area contributed by atoms with Crippen LogP contribution in [-0.4, -0.2) is 59.6 Å². The average molecular weight is 457 g/mol. The largest absolute Gasteiger partial charge is 0.434 e. The van der Waals surface area contributed by atoms with Gasteiger partial charge in [-0.25, -0.2) is 19.9 Å². The SMILES string of the molecule is O=C(N[C@@H]1CCCN(c2ccnc(-c3cnc4cnc(C(F)(F)F)cn34)n2)C1)c1cn[nH]c1. The van der Waals surface area contributed by atoms with E-state index < -0.39 is 11.9 Å². The third-order valence-electron chi connectivity index (χ3n) is 5.40. The van der Waals surface area contributed by atoms with Crippen molar-refractivity contribution in [1.82, 2.24) is 39.9 Å². The number of anilines is 1. The molecule has 5 heterocycles. The van der Waals surface area contributed by atoms with Crippen LogP contribution in [0.4, 0.5) is 19.0 Å². The lowest BCUT2D eigenvalue weighted by molar-refractivity contribution is -0.141. The molecule has 0 unspecified atom stereocenters. The molecule has 170 valence electrons. The number of nitrogens with one attached hydrogen (secondary N) is 2. The Kier molecular flexibility index (Phi) is 5.15. The Balaban J connectivity index is 1.39. The maximum absolute atomic E-state index is 13.1. The van der Waals surface area contributed by atoms with Crippen molar-refractivity contribution in [3.8, 4) is 11.5 Å². The molecule has 0 spiro atoms. The molecule has 13 heteroatoms. The Bertz CT molecular complexity index is 1290. The van der Waals surface area contributed by atoms with Gasteiger partial charge in [0.2, 0.25) is 0 Å². The molecule has 1 fully saturated rings. The number of alkyl halides is 3. The molecule has 2 N–H and O–H groups in total. The maximum atomic E-state index is 13.1. The molecule has 0 aromatic carbocycles. The predicted octanol–water partition coefficient (Wildman–Crippen LogP) is 2.33. The van der Waals surface area contributed by atoms with Crippen LogP contribution in [0.2, 0.25) is 0 Å². The number of rotatable bonds is 4. The molecule has 1 atom stereocenters. The van der Waals surface area contributed by atoms with E-state index in [2.05, 4.69) is 35.5 Å². The van der Waals surface area contributed by atoms with Crippen molar-refractivity contribution in [3.05, 3.63) is 54.5 Å². The zero-order valence-corrected chi connectivity index (χ0v) is 17.1. The molecule has 1 saturated heterocycles. The highest BCUT2D eigenvalue weighted by Gasteiger charge is 2.33. The van der Waals surface area contributed by atoms with Crippen molar-refractivity contribution in [2.24, 2.45) is 0 Å². The van der Waals surface area contributed by atoms with Crippen LogP contribution in [-0.2, 0) is 6.18 Å². The highest BCUT2D eigenvalue weighted by Crippen LogP contribution is 2.29. The van der Waals surface area contributed by atoms with Crippen molar-refractivity contribution in [2.45, 2.75) is 25.1 Å². The van der Waals surface area contributed by atoms with Crippen molar-refractivity contribution in [2.75, 3.05) is 18.0 Å². The number of carbonyl (C=O) groups excluding carboxylic acids is 1. The predicted molar refractivity (Wildman–Crippen MR) is 110 cm³/mol. The molecule has 1 aliphatic rings. The number of aromatic amines is 1. The molecule has 1 aliphatic heterocycles. The van der Waals surface area contributed by atoms with Gasteiger partial charge in [0.25, 0.3) is 5.91 Å². The number of fused-ring (bicyclic) bond motifs is 1. The minimum Gasteiger partial charge on any atom is -0.354 e. The monoisotopic (exact) mass is 457 g/mol. The minimum absolute atomic E-state index is 0.0872. The number of piperidine rings is 1. The summed E-state index contributed by atoms with van der Waals surface area (Å²) in [6.45, 7) is 1.26. The molecule has 1 amide bonds. The van der Waals surface area contributed by atoms with Crippen LogP contribution in [0.1, 0.15) is 28.9 Å². The fourth-order valence-electron chi connectivity index (χ4n) is 3.80. The van der Waals surface area contributed by atoms with Gasteiger partial charge in [0.15, 0.2) is 17.2 Å². The number of H-pyrrole nitrogens is 1. The number of amides is 1. The number of imidazole rings is 1. The maximum Gasteiger partial charge on any atom is 0.434 e. The molecular weight excluding hydrogens is 439 g/mol. The summed E-state index contributed by atoms with van der Waals surface area (Å²) >= 11 is 0. The van der Waals surface area contributed by atoms with Gasteiger partial charge in [-0.1, -0.05) is 0 Å². The number of nitrogens with zero attached hydrogens (tertiary/aromatic N) is 7. The van der Waals surface area contributed by atoms with E-state index in [0.29, 0.717) is 23.6 Å². The van der Waals surface area contributed by atoms with Crippen LogP contribution in [0.5, 0.6) is 0 Å². The van der Waals surface area contributed by atoms with E-state index in [9.17, 15) is 18.0 Å². The molecule has 4 aromatic heterocycles. The van der Waals surface area contributed by atoms with E-state index in [1.165, 1.54) is 23.0 Å². The summed E-state index contributed by atoms with van der Waals surface area (Å²) in [5, 5.41) is 9.40. The van der Waals surface area contributed by atoms with E-state index in [4.69, 9.17) is 0 Å². The lowest BCUT2D eigenvalue weighted by Gasteiger charge is -2.34. The molecule has 33 heavy (non-hydrogen) atoms. The van der Waals surface area contributed by atoms with Gasteiger partial charge in [-0.3, -0.25) is 14.3 Å². The summed E-state index contributed by atoms with van der Waals surface area (Å²) in [7, 11) is 0. The van der Waals surface area contributed by atoms with Crippen molar-refractivity contribution < 1.29 is 18.0 Å². The number of hydrogen-bond donors (Lipinski definition) is 2. The lowest BCUT2D eigenvalue weighted by atomic mass is 10.1. The van der Waals surface area contributed by atoms with Gasteiger partial charge in [-0.15, -0.1) is 0 Å². The zero-order valence-electron chi connectivity index (χ0n) is 17.1. The summed E-state index contributed by atoms with van der Waals surface area (Å²) in [4.78, 5) is 30.7. The van der Waals surface area contributed by atoms with Gasteiger partial charge in [0, 0.05) is 37.7 Å². The molecule has 0 aliphatic carbocycles. The summed E-state index contributed by atoms with van der Waals surface area (Å²) < 4.78 is 40.6. The third-order valence-corrected chi connectivity index (χ3v) is 5.40. The zero-order chi connectivity index (χ0) is 23.0. The second-order valence-corrected chi connectivity index (χ2v) is 7.63. The number of hydrogen-bond acceptors (Lipinski definition) is 7. The van der Waals surface area contributed by atoms with E-state index in [1.807, 2.05) is 4.90 Å². The van der Waals surface area contributed by atoms with E-state index in [-0.39, 0.29) is 23.4 Å². The second-order valence-electron chi connectivity index (χ2n) is 7.63. The minimum atomic E-state index is -4.58. The van der Waals surface area contributed by atoms with Crippen molar-refractivity contribution in [3.63, 3.8) is 0 Å². The fraction of sp³-hybridized carbons (Fsp3) is 0.300. The van der Waals surface area contributed by atoms with Crippen molar-refractivity contribution in [1.29, 1.82) is 0 Å². The van der Waals surface area contributed by atoms with Gasteiger partial charge >= 0.3 is 6.18 Å². The van der Waals surface area contributed by atoms with Gasteiger partial charge in [-0.05, 0) is 18.9 Å². The van der Waals surface area contributed by atoms with Crippen LogP contribution in [0.15, 0.2) is 43.2 Å². The lowest BCUT2D eigenvalue weighted by Crippen LogP contribution is -2.48. The fourth-order valence-corrected chi connectivity index (χ4v) is 3.80. The number of aromatic nitrogens is 7. The quantitative estimate of drug-likeness (QED) is 0.483. The Hall–Kier alpha value is -4.03. The molecule has 10 nitrogen and oxygen atoms in total. The number of halogens is 3. The van der Waals surface area contributed by atoms with Crippen LogP contribution in [0.25, 0.3) is 17.2 Å². The Labute approximate surface area is 184 Å². The summed E-state index contributed by atoms with van der Waals surface area (Å²) in [6, 6.07) is 1.64. The summed E-state index contributed by atoms with van der Waals surface area (Å²) in [5.41, 5.74) is 0.00276. The third kappa shape index (κ3) is 4.21. The Morgan fingerprint density at radius 3 is 2.85 bits per heavy atom. The standard InChI is InChI=1S/C20H18F3N9O/c21-20(22,23)15-11-32-14(8-26-17(32)9-25-15)18-24-4-3-16(30-18)31-5-1-2-13(10-31)29-19(33)12-6-27-28-7-12/h3-4,6-9,11,13H,1-2,5,10H2,(H,27,28)(H,29,33)/t13-/m1/s1. The first-order valence-corrected chi connectivity index (χ1v) is 10.2. The molecule has 5 rings (SSSR count).